The van der Waals surface area contributed by atoms with Gasteiger partial charge in [0.2, 0.25) is 0 Å². The zero-order chi connectivity index (χ0) is 13.8. The Hall–Kier alpha value is -1.85. The quantitative estimate of drug-likeness (QED) is 0.591. The molecule has 2 rings (SSSR count). The second kappa shape index (κ2) is 5.86. The molecule has 1 aromatic heterocycles. The summed E-state index contributed by atoms with van der Waals surface area (Å²) in [6, 6.07) is 7.46. The van der Waals surface area contributed by atoms with Crippen LogP contribution in [0.3, 0.4) is 0 Å². The van der Waals surface area contributed by atoms with Crippen molar-refractivity contribution in [1.29, 1.82) is 0 Å². The van der Waals surface area contributed by atoms with Gasteiger partial charge in [-0.1, -0.05) is 31.5 Å². The standard InChI is InChI=1S/C13H16ClN5/c1-8(2)11-12(16-7-17-13(11)19-15)18-10-5-3-4-9(14)6-10/h3-8H,15H2,1-2H3,(H2,16,17,18,19). The maximum absolute atomic E-state index is 5.97. The lowest BCUT2D eigenvalue weighted by Crippen LogP contribution is -2.14. The molecule has 0 saturated heterocycles. The van der Waals surface area contributed by atoms with E-state index in [4.69, 9.17) is 17.4 Å². The molecule has 19 heavy (non-hydrogen) atoms. The lowest BCUT2D eigenvalue weighted by atomic mass is 10.0. The summed E-state index contributed by atoms with van der Waals surface area (Å²) >= 11 is 5.97. The summed E-state index contributed by atoms with van der Waals surface area (Å²) in [4.78, 5) is 8.40. The molecule has 0 radical (unpaired) electrons. The molecule has 0 bridgehead atoms. The number of hydrazine groups is 1. The number of anilines is 3. The van der Waals surface area contributed by atoms with Crippen molar-refractivity contribution in [1.82, 2.24) is 9.97 Å². The molecule has 0 aliphatic heterocycles. The first-order valence-corrected chi connectivity index (χ1v) is 6.33. The van der Waals surface area contributed by atoms with Gasteiger partial charge >= 0.3 is 0 Å². The maximum Gasteiger partial charge on any atom is 0.148 e. The highest BCUT2D eigenvalue weighted by Crippen LogP contribution is 2.30. The number of nitrogens with zero attached hydrogens (tertiary/aromatic N) is 2. The fourth-order valence-corrected chi connectivity index (χ4v) is 2.05. The molecule has 0 saturated carbocycles. The zero-order valence-electron chi connectivity index (χ0n) is 10.8. The molecule has 1 aromatic carbocycles. The molecule has 0 spiro atoms. The van der Waals surface area contributed by atoms with Crippen LogP contribution in [0.4, 0.5) is 17.3 Å². The van der Waals surface area contributed by atoms with Gasteiger partial charge in [0, 0.05) is 16.3 Å². The van der Waals surface area contributed by atoms with E-state index < -0.39 is 0 Å². The van der Waals surface area contributed by atoms with Gasteiger partial charge in [0.25, 0.3) is 0 Å². The summed E-state index contributed by atoms with van der Waals surface area (Å²) in [5, 5.41) is 3.91. The SMILES string of the molecule is CC(C)c1c(NN)ncnc1Nc1cccc(Cl)c1. The number of hydrogen-bond donors (Lipinski definition) is 3. The van der Waals surface area contributed by atoms with Crippen molar-refractivity contribution < 1.29 is 0 Å². The number of nitrogens with two attached hydrogens (primary N) is 1. The molecular formula is C13H16ClN5. The van der Waals surface area contributed by atoms with Crippen LogP contribution in [0.1, 0.15) is 25.3 Å². The second-order valence-electron chi connectivity index (χ2n) is 4.42. The highest BCUT2D eigenvalue weighted by Gasteiger charge is 2.14. The molecule has 2 aromatic rings. The molecule has 0 unspecified atom stereocenters. The van der Waals surface area contributed by atoms with Crippen LogP contribution in [0, 0.1) is 0 Å². The average molecular weight is 278 g/mol. The van der Waals surface area contributed by atoms with Gasteiger partial charge in [-0.05, 0) is 24.1 Å². The molecule has 4 N–H and O–H groups in total. The first kappa shape index (κ1) is 13.6. The lowest BCUT2D eigenvalue weighted by molar-refractivity contribution is 0.850. The Balaban J connectivity index is 2.39. The number of halogens is 1. The molecule has 0 amide bonds. The second-order valence-corrected chi connectivity index (χ2v) is 4.86. The van der Waals surface area contributed by atoms with E-state index in [0.717, 1.165) is 17.1 Å². The predicted molar refractivity (Wildman–Crippen MR) is 78.7 cm³/mol. The Morgan fingerprint density at radius 1 is 1.21 bits per heavy atom. The molecular weight excluding hydrogens is 262 g/mol. The van der Waals surface area contributed by atoms with E-state index in [9.17, 15) is 0 Å². The summed E-state index contributed by atoms with van der Waals surface area (Å²) in [7, 11) is 0. The van der Waals surface area contributed by atoms with E-state index in [2.05, 4.69) is 34.6 Å². The number of benzene rings is 1. The van der Waals surface area contributed by atoms with Crippen molar-refractivity contribution in [3.63, 3.8) is 0 Å². The number of nitrogen functional groups attached to an aromatic ring is 1. The van der Waals surface area contributed by atoms with E-state index in [1.807, 2.05) is 24.3 Å². The first-order valence-electron chi connectivity index (χ1n) is 5.96. The summed E-state index contributed by atoms with van der Waals surface area (Å²) in [6.07, 6.45) is 1.47. The van der Waals surface area contributed by atoms with Crippen molar-refractivity contribution in [2.45, 2.75) is 19.8 Å². The van der Waals surface area contributed by atoms with Gasteiger partial charge in [-0.25, -0.2) is 15.8 Å². The van der Waals surface area contributed by atoms with Crippen LogP contribution in [-0.4, -0.2) is 9.97 Å². The molecule has 6 heteroatoms. The Morgan fingerprint density at radius 2 is 1.95 bits per heavy atom. The van der Waals surface area contributed by atoms with Crippen molar-refractivity contribution in [2.75, 3.05) is 10.7 Å². The number of rotatable bonds is 4. The predicted octanol–water partition coefficient (Wildman–Crippen LogP) is 3.28. The van der Waals surface area contributed by atoms with Gasteiger partial charge in [0.05, 0.1) is 0 Å². The molecule has 0 aliphatic rings. The van der Waals surface area contributed by atoms with Crippen LogP contribution in [0.2, 0.25) is 5.02 Å². The summed E-state index contributed by atoms with van der Waals surface area (Å²) in [5.41, 5.74) is 4.40. The first-order chi connectivity index (χ1) is 9.11. The van der Waals surface area contributed by atoms with Gasteiger partial charge in [-0.3, -0.25) is 0 Å². The number of hydrogen-bond acceptors (Lipinski definition) is 5. The van der Waals surface area contributed by atoms with Crippen LogP contribution in [0.25, 0.3) is 0 Å². The highest BCUT2D eigenvalue weighted by atomic mass is 35.5. The fraction of sp³-hybridized carbons (Fsp3) is 0.231. The number of nitrogens with one attached hydrogen (secondary N) is 2. The topological polar surface area (TPSA) is 75.9 Å². The Labute approximate surface area is 117 Å². The minimum absolute atomic E-state index is 0.230. The molecule has 5 nitrogen and oxygen atoms in total. The molecule has 100 valence electrons. The van der Waals surface area contributed by atoms with Gasteiger partial charge in [-0.15, -0.1) is 0 Å². The van der Waals surface area contributed by atoms with Crippen LogP contribution in [0.15, 0.2) is 30.6 Å². The zero-order valence-corrected chi connectivity index (χ0v) is 11.6. The Kier molecular flexibility index (Phi) is 4.19. The van der Waals surface area contributed by atoms with Gasteiger partial charge < -0.3 is 10.7 Å². The van der Waals surface area contributed by atoms with Crippen LogP contribution in [-0.2, 0) is 0 Å². The van der Waals surface area contributed by atoms with Crippen molar-refractivity contribution >= 4 is 28.9 Å². The summed E-state index contributed by atoms with van der Waals surface area (Å²) < 4.78 is 0. The third-order valence-corrected chi connectivity index (χ3v) is 2.92. The van der Waals surface area contributed by atoms with Crippen LogP contribution in [0.5, 0.6) is 0 Å². The van der Waals surface area contributed by atoms with Crippen LogP contribution < -0.4 is 16.6 Å². The van der Waals surface area contributed by atoms with Gasteiger partial charge in [0.1, 0.15) is 18.0 Å². The summed E-state index contributed by atoms with van der Waals surface area (Å²) in [6.45, 7) is 4.12. The third kappa shape index (κ3) is 3.13. The van der Waals surface area contributed by atoms with Gasteiger partial charge in [-0.2, -0.15) is 0 Å². The maximum atomic E-state index is 5.97. The monoisotopic (exact) mass is 277 g/mol. The largest absolute Gasteiger partial charge is 0.340 e. The lowest BCUT2D eigenvalue weighted by Gasteiger charge is -2.16. The molecule has 1 heterocycles. The molecule has 0 fully saturated rings. The van der Waals surface area contributed by atoms with Gasteiger partial charge in [0.15, 0.2) is 0 Å². The Morgan fingerprint density at radius 3 is 2.58 bits per heavy atom. The average Bonchev–Trinajstić information content (AvgIpc) is 2.38. The van der Waals surface area contributed by atoms with E-state index in [-0.39, 0.29) is 5.92 Å². The van der Waals surface area contributed by atoms with E-state index in [1.54, 1.807) is 0 Å². The van der Waals surface area contributed by atoms with Crippen molar-refractivity contribution in [2.24, 2.45) is 5.84 Å². The van der Waals surface area contributed by atoms with Crippen molar-refractivity contribution in [3.05, 3.63) is 41.2 Å². The normalized spacial score (nSPS) is 10.6. The van der Waals surface area contributed by atoms with E-state index in [1.165, 1.54) is 6.33 Å². The molecule has 0 aliphatic carbocycles. The summed E-state index contributed by atoms with van der Waals surface area (Å²) in [5.74, 6) is 7.06. The third-order valence-electron chi connectivity index (χ3n) is 2.69. The van der Waals surface area contributed by atoms with Crippen LogP contribution >= 0.6 is 11.6 Å². The highest BCUT2D eigenvalue weighted by molar-refractivity contribution is 6.30. The van der Waals surface area contributed by atoms with E-state index >= 15 is 0 Å². The van der Waals surface area contributed by atoms with Crippen molar-refractivity contribution in [3.8, 4) is 0 Å². The smallest absolute Gasteiger partial charge is 0.148 e. The fourth-order valence-electron chi connectivity index (χ4n) is 1.86. The number of aromatic nitrogens is 2. The molecule has 0 atom stereocenters. The minimum atomic E-state index is 0.230. The minimum Gasteiger partial charge on any atom is -0.340 e. The Bertz CT molecular complexity index is 571. The van der Waals surface area contributed by atoms with E-state index in [0.29, 0.717) is 10.8 Å².